The molecule has 1 atom stereocenters. The third-order valence-corrected chi connectivity index (χ3v) is 3.78. The molecule has 1 unspecified atom stereocenters. The zero-order valence-corrected chi connectivity index (χ0v) is 14.3. The standard InChI is InChI=1S/C17H28N2OS/c1-4-7-10-14(5-2)13-18-17(21)19-15-11-8-9-12-16(15)20-6-3/h8-9,11-12,14H,4-7,10,13H2,1-3H3,(H2,18,19,21). The molecule has 0 aliphatic heterocycles. The lowest BCUT2D eigenvalue weighted by Gasteiger charge is -2.18. The van der Waals surface area contributed by atoms with Gasteiger partial charge in [0.05, 0.1) is 12.3 Å². The summed E-state index contributed by atoms with van der Waals surface area (Å²) in [4.78, 5) is 0. The van der Waals surface area contributed by atoms with Crippen molar-refractivity contribution in [1.82, 2.24) is 5.32 Å². The van der Waals surface area contributed by atoms with Crippen LogP contribution in [-0.2, 0) is 0 Å². The minimum absolute atomic E-state index is 0.647. The highest BCUT2D eigenvalue weighted by atomic mass is 32.1. The van der Waals surface area contributed by atoms with Crippen LogP contribution in [0, 0.1) is 5.92 Å². The first-order valence-electron chi connectivity index (χ1n) is 7.97. The number of ether oxygens (including phenoxy) is 1. The van der Waals surface area contributed by atoms with Crippen molar-refractivity contribution in [1.29, 1.82) is 0 Å². The molecule has 1 rings (SSSR count). The first-order valence-corrected chi connectivity index (χ1v) is 8.38. The van der Waals surface area contributed by atoms with E-state index in [1.54, 1.807) is 0 Å². The van der Waals surface area contributed by atoms with Gasteiger partial charge in [0.1, 0.15) is 5.75 Å². The van der Waals surface area contributed by atoms with Crippen molar-refractivity contribution in [2.24, 2.45) is 5.92 Å². The van der Waals surface area contributed by atoms with Crippen LogP contribution >= 0.6 is 12.2 Å². The highest BCUT2D eigenvalue weighted by molar-refractivity contribution is 7.80. The molecule has 0 bridgehead atoms. The second-order valence-corrected chi connectivity index (χ2v) is 5.59. The molecule has 0 aliphatic rings. The monoisotopic (exact) mass is 308 g/mol. The molecule has 118 valence electrons. The quantitative estimate of drug-likeness (QED) is 0.654. The minimum Gasteiger partial charge on any atom is -0.492 e. The van der Waals surface area contributed by atoms with Crippen LogP contribution in [0.25, 0.3) is 0 Å². The Morgan fingerprint density at radius 2 is 2.00 bits per heavy atom. The number of hydrogen-bond acceptors (Lipinski definition) is 2. The van der Waals surface area contributed by atoms with Crippen LogP contribution < -0.4 is 15.4 Å². The smallest absolute Gasteiger partial charge is 0.170 e. The maximum absolute atomic E-state index is 5.59. The van der Waals surface area contributed by atoms with E-state index in [9.17, 15) is 0 Å². The maximum atomic E-state index is 5.59. The van der Waals surface area contributed by atoms with Crippen molar-refractivity contribution in [3.63, 3.8) is 0 Å². The minimum atomic E-state index is 0.647. The predicted molar refractivity (Wildman–Crippen MR) is 95.1 cm³/mol. The van der Waals surface area contributed by atoms with Crippen LogP contribution in [0.4, 0.5) is 5.69 Å². The third-order valence-electron chi connectivity index (χ3n) is 3.53. The van der Waals surface area contributed by atoms with Crippen LogP contribution in [-0.4, -0.2) is 18.3 Å². The van der Waals surface area contributed by atoms with E-state index in [4.69, 9.17) is 17.0 Å². The van der Waals surface area contributed by atoms with Gasteiger partial charge in [-0.3, -0.25) is 0 Å². The van der Waals surface area contributed by atoms with Crippen LogP contribution in [0.2, 0.25) is 0 Å². The van der Waals surface area contributed by atoms with Crippen LogP contribution in [0.5, 0.6) is 5.75 Å². The number of nitrogens with one attached hydrogen (secondary N) is 2. The van der Waals surface area contributed by atoms with E-state index in [0.29, 0.717) is 17.6 Å². The summed E-state index contributed by atoms with van der Waals surface area (Å²) in [5, 5.41) is 7.22. The molecule has 0 fully saturated rings. The van der Waals surface area contributed by atoms with E-state index in [-0.39, 0.29) is 0 Å². The number of benzene rings is 1. The Bertz CT molecular complexity index is 423. The van der Waals surface area contributed by atoms with E-state index < -0.39 is 0 Å². The van der Waals surface area contributed by atoms with Crippen molar-refractivity contribution in [2.45, 2.75) is 46.5 Å². The number of anilines is 1. The number of hydrogen-bond donors (Lipinski definition) is 2. The van der Waals surface area contributed by atoms with Gasteiger partial charge >= 0.3 is 0 Å². The molecule has 0 aromatic heterocycles. The molecule has 0 saturated heterocycles. The van der Waals surface area contributed by atoms with Crippen LogP contribution in [0.15, 0.2) is 24.3 Å². The lowest BCUT2D eigenvalue weighted by atomic mass is 9.99. The molecular formula is C17H28N2OS. The molecule has 0 radical (unpaired) electrons. The van der Waals surface area contributed by atoms with Gasteiger partial charge in [-0.25, -0.2) is 0 Å². The molecule has 2 N–H and O–H groups in total. The summed E-state index contributed by atoms with van der Waals surface area (Å²) in [6.45, 7) is 8.03. The van der Waals surface area contributed by atoms with Gasteiger partial charge in [-0.2, -0.15) is 0 Å². The fraction of sp³-hybridized carbons (Fsp3) is 0.588. The Labute approximate surface area is 134 Å². The number of unbranched alkanes of at least 4 members (excludes halogenated alkanes) is 1. The fourth-order valence-corrected chi connectivity index (χ4v) is 2.39. The van der Waals surface area contributed by atoms with Crippen molar-refractivity contribution < 1.29 is 4.74 Å². The molecule has 1 aromatic carbocycles. The second kappa shape index (κ2) is 10.4. The van der Waals surface area contributed by atoms with Gasteiger partial charge in [-0.05, 0) is 43.6 Å². The number of rotatable bonds is 9. The molecule has 0 aliphatic carbocycles. The Balaban J connectivity index is 2.46. The van der Waals surface area contributed by atoms with Crippen molar-refractivity contribution in [3.05, 3.63) is 24.3 Å². The average molecular weight is 308 g/mol. The highest BCUT2D eigenvalue weighted by Gasteiger charge is 2.08. The Morgan fingerprint density at radius 1 is 1.24 bits per heavy atom. The highest BCUT2D eigenvalue weighted by Crippen LogP contribution is 2.23. The van der Waals surface area contributed by atoms with Gasteiger partial charge < -0.3 is 15.4 Å². The van der Waals surface area contributed by atoms with E-state index in [0.717, 1.165) is 18.0 Å². The Kier molecular flexibility index (Phi) is 8.83. The Hall–Kier alpha value is -1.29. The maximum Gasteiger partial charge on any atom is 0.170 e. The molecule has 1 aromatic rings. The van der Waals surface area contributed by atoms with E-state index >= 15 is 0 Å². The average Bonchev–Trinajstić information content (AvgIpc) is 2.50. The SMILES string of the molecule is CCCCC(CC)CNC(=S)Nc1ccccc1OCC. The van der Waals surface area contributed by atoms with Crippen LogP contribution in [0.3, 0.4) is 0 Å². The van der Waals surface area contributed by atoms with Gasteiger partial charge in [-0.1, -0.05) is 45.2 Å². The number of thiocarbonyl (C=S) groups is 1. The van der Waals surface area contributed by atoms with Crippen molar-refractivity contribution >= 4 is 23.0 Å². The first-order chi connectivity index (χ1) is 10.2. The molecule has 0 amide bonds. The van der Waals surface area contributed by atoms with Gasteiger partial charge in [-0.15, -0.1) is 0 Å². The molecule has 21 heavy (non-hydrogen) atoms. The van der Waals surface area contributed by atoms with E-state index in [1.165, 1.54) is 25.7 Å². The lowest BCUT2D eigenvalue weighted by Crippen LogP contribution is -2.32. The zero-order valence-electron chi connectivity index (χ0n) is 13.4. The van der Waals surface area contributed by atoms with E-state index in [2.05, 4.69) is 24.5 Å². The molecule has 3 nitrogen and oxygen atoms in total. The summed E-state index contributed by atoms with van der Waals surface area (Å²) >= 11 is 5.38. The van der Waals surface area contributed by atoms with E-state index in [1.807, 2.05) is 31.2 Å². The molecule has 0 saturated carbocycles. The van der Waals surface area contributed by atoms with Gasteiger partial charge in [0.15, 0.2) is 5.11 Å². The fourth-order valence-electron chi connectivity index (χ4n) is 2.20. The molecule has 4 heteroatoms. The largest absolute Gasteiger partial charge is 0.492 e. The predicted octanol–water partition coefficient (Wildman–Crippen LogP) is 4.59. The summed E-state index contributed by atoms with van der Waals surface area (Å²) in [7, 11) is 0. The molecule has 0 heterocycles. The van der Waals surface area contributed by atoms with Crippen molar-refractivity contribution in [3.8, 4) is 5.75 Å². The van der Waals surface area contributed by atoms with Crippen molar-refractivity contribution in [2.75, 3.05) is 18.5 Å². The number of para-hydroxylation sites is 2. The summed E-state index contributed by atoms with van der Waals surface area (Å²) < 4.78 is 5.59. The summed E-state index contributed by atoms with van der Waals surface area (Å²) in [5.41, 5.74) is 0.915. The Morgan fingerprint density at radius 3 is 2.67 bits per heavy atom. The summed E-state index contributed by atoms with van der Waals surface area (Å²) in [6, 6.07) is 7.87. The molecular weight excluding hydrogens is 280 g/mol. The normalized spacial score (nSPS) is 11.8. The zero-order chi connectivity index (χ0) is 15.5. The topological polar surface area (TPSA) is 33.3 Å². The van der Waals surface area contributed by atoms with Gasteiger partial charge in [0.2, 0.25) is 0 Å². The second-order valence-electron chi connectivity index (χ2n) is 5.18. The first kappa shape index (κ1) is 17.8. The summed E-state index contributed by atoms with van der Waals surface area (Å²) in [5.74, 6) is 1.52. The van der Waals surface area contributed by atoms with Gasteiger partial charge in [0, 0.05) is 6.54 Å². The van der Waals surface area contributed by atoms with Crippen LogP contribution in [0.1, 0.15) is 46.5 Å². The lowest BCUT2D eigenvalue weighted by molar-refractivity contribution is 0.342. The third kappa shape index (κ3) is 6.80. The van der Waals surface area contributed by atoms with Gasteiger partial charge in [0.25, 0.3) is 0 Å². The molecule has 0 spiro atoms. The summed E-state index contributed by atoms with van der Waals surface area (Å²) in [6.07, 6.45) is 4.98.